The molecule has 1 radical (unpaired) electrons. The van der Waals surface area contributed by atoms with E-state index in [1.165, 1.54) is 5.92 Å². The molecule has 1 aromatic rings. The number of nitrogens with two attached hydrogens (primary N) is 2. The zero-order valence-corrected chi connectivity index (χ0v) is 6.89. The second-order valence-corrected chi connectivity index (χ2v) is 2.89. The third kappa shape index (κ3) is 1.87. The van der Waals surface area contributed by atoms with Crippen LogP contribution >= 0.6 is 0 Å². The Balaban J connectivity index is 3.08. The van der Waals surface area contributed by atoms with Crippen molar-refractivity contribution in [3.63, 3.8) is 0 Å². The molecule has 0 aliphatic rings. The van der Waals surface area contributed by atoms with Crippen LogP contribution in [0.4, 0.5) is 11.4 Å². The molecule has 59 valence electrons. The molecular formula is C9H13N2. The van der Waals surface area contributed by atoms with Gasteiger partial charge in [0, 0.05) is 11.4 Å². The first kappa shape index (κ1) is 7.92. The summed E-state index contributed by atoms with van der Waals surface area (Å²) in [6.45, 7) is 4.07. The van der Waals surface area contributed by atoms with Crippen LogP contribution in [0.1, 0.15) is 19.4 Å². The van der Waals surface area contributed by atoms with Crippen molar-refractivity contribution in [2.24, 2.45) is 0 Å². The van der Waals surface area contributed by atoms with E-state index in [2.05, 4.69) is 0 Å². The Morgan fingerprint density at radius 3 is 1.82 bits per heavy atom. The van der Waals surface area contributed by atoms with Gasteiger partial charge < -0.3 is 11.5 Å². The molecule has 1 rings (SSSR count). The molecular weight excluding hydrogens is 136 g/mol. The molecule has 0 spiro atoms. The van der Waals surface area contributed by atoms with Crippen LogP contribution in [0.25, 0.3) is 0 Å². The summed E-state index contributed by atoms with van der Waals surface area (Å²) in [6.07, 6.45) is 0. The highest BCUT2D eigenvalue weighted by atomic mass is 14.6. The molecule has 0 aliphatic carbocycles. The number of hydrogen-bond donors (Lipinski definition) is 2. The molecule has 0 aliphatic heterocycles. The summed E-state index contributed by atoms with van der Waals surface area (Å²) in [5.74, 6) is 1.23. The third-order valence-corrected chi connectivity index (χ3v) is 1.56. The fourth-order valence-corrected chi connectivity index (χ4v) is 0.965. The van der Waals surface area contributed by atoms with Crippen LogP contribution in [0.3, 0.4) is 0 Å². The van der Waals surface area contributed by atoms with Crippen LogP contribution in [0, 0.1) is 5.92 Å². The largest absolute Gasteiger partial charge is 0.399 e. The van der Waals surface area contributed by atoms with Crippen molar-refractivity contribution < 1.29 is 0 Å². The van der Waals surface area contributed by atoms with Crippen LogP contribution in [0.5, 0.6) is 0 Å². The minimum Gasteiger partial charge on any atom is -0.399 e. The van der Waals surface area contributed by atoms with Crippen molar-refractivity contribution in [3.8, 4) is 0 Å². The van der Waals surface area contributed by atoms with Gasteiger partial charge in [0.05, 0.1) is 0 Å². The minimum absolute atomic E-state index is 0.723. The molecule has 11 heavy (non-hydrogen) atoms. The van der Waals surface area contributed by atoms with Gasteiger partial charge in [-0.1, -0.05) is 13.8 Å². The van der Waals surface area contributed by atoms with E-state index < -0.39 is 0 Å². The molecule has 0 fully saturated rings. The van der Waals surface area contributed by atoms with E-state index in [0.717, 1.165) is 16.9 Å². The fraction of sp³-hybridized carbons (Fsp3) is 0.222. The lowest BCUT2D eigenvalue weighted by Gasteiger charge is -2.06. The van der Waals surface area contributed by atoms with Crippen molar-refractivity contribution in [3.05, 3.63) is 29.7 Å². The summed E-state index contributed by atoms with van der Waals surface area (Å²) in [7, 11) is 0. The highest BCUT2D eigenvalue weighted by Crippen LogP contribution is 2.19. The number of benzene rings is 1. The maximum absolute atomic E-state index is 5.60. The van der Waals surface area contributed by atoms with Crippen LogP contribution < -0.4 is 11.5 Å². The van der Waals surface area contributed by atoms with E-state index in [0.29, 0.717) is 0 Å². The Hall–Kier alpha value is -1.18. The zero-order valence-electron chi connectivity index (χ0n) is 6.89. The van der Waals surface area contributed by atoms with E-state index in [1.807, 2.05) is 26.0 Å². The SMILES string of the molecule is C[C](C)c1cc(N)cc(N)c1. The van der Waals surface area contributed by atoms with Crippen molar-refractivity contribution in [2.45, 2.75) is 13.8 Å². The maximum atomic E-state index is 5.60. The summed E-state index contributed by atoms with van der Waals surface area (Å²) in [6, 6.07) is 5.60. The fourth-order valence-electron chi connectivity index (χ4n) is 0.965. The summed E-state index contributed by atoms with van der Waals surface area (Å²) < 4.78 is 0. The van der Waals surface area contributed by atoms with Gasteiger partial charge >= 0.3 is 0 Å². The van der Waals surface area contributed by atoms with Gasteiger partial charge in [-0.15, -0.1) is 0 Å². The second-order valence-electron chi connectivity index (χ2n) is 2.89. The predicted octanol–water partition coefficient (Wildman–Crippen LogP) is 1.81. The highest BCUT2D eigenvalue weighted by Gasteiger charge is 2.00. The lowest BCUT2D eigenvalue weighted by Crippen LogP contribution is -1.95. The molecule has 0 amide bonds. The first-order chi connectivity index (χ1) is 5.09. The second kappa shape index (κ2) is 2.82. The Morgan fingerprint density at radius 2 is 1.45 bits per heavy atom. The topological polar surface area (TPSA) is 52.0 Å². The van der Waals surface area contributed by atoms with Crippen molar-refractivity contribution in [2.75, 3.05) is 11.5 Å². The van der Waals surface area contributed by atoms with Gasteiger partial charge in [-0.05, 0) is 29.7 Å². The molecule has 2 heteroatoms. The van der Waals surface area contributed by atoms with Gasteiger partial charge in [0.25, 0.3) is 0 Å². The highest BCUT2D eigenvalue weighted by molar-refractivity contribution is 5.56. The van der Waals surface area contributed by atoms with Crippen molar-refractivity contribution >= 4 is 11.4 Å². The van der Waals surface area contributed by atoms with Gasteiger partial charge in [-0.3, -0.25) is 0 Å². The molecule has 4 N–H and O–H groups in total. The predicted molar refractivity (Wildman–Crippen MR) is 49.0 cm³/mol. The van der Waals surface area contributed by atoms with Crippen LogP contribution in [-0.2, 0) is 0 Å². The zero-order chi connectivity index (χ0) is 8.43. The Bertz CT molecular complexity index is 233. The molecule has 0 bridgehead atoms. The Morgan fingerprint density at radius 1 is 1.00 bits per heavy atom. The average Bonchev–Trinajstić information content (AvgIpc) is 1.85. The molecule has 0 saturated heterocycles. The third-order valence-electron chi connectivity index (χ3n) is 1.56. The van der Waals surface area contributed by atoms with Gasteiger partial charge in [0.1, 0.15) is 0 Å². The normalized spacial score (nSPS) is 10.5. The molecule has 2 nitrogen and oxygen atoms in total. The van der Waals surface area contributed by atoms with Crippen molar-refractivity contribution in [1.82, 2.24) is 0 Å². The molecule has 1 aromatic carbocycles. The average molecular weight is 149 g/mol. The number of rotatable bonds is 1. The van der Waals surface area contributed by atoms with E-state index in [-0.39, 0.29) is 0 Å². The minimum atomic E-state index is 0.723. The molecule has 0 heterocycles. The van der Waals surface area contributed by atoms with Gasteiger partial charge in [0.15, 0.2) is 0 Å². The van der Waals surface area contributed by atoms with E-state index in [1.54, 1.807) is 6.07 Å². The van der Waals surface area contributed by atoms with E-state index >= 15 is 0 Å². The molecule has 0 aromatic heterocycles. The monoisotopic (exact) mass is 149 g/mol. The number of nitrogen functional groups attached to an aromatic ring is 2. The van der Waals surface area contributed by atoms with Crippen molar-refractivity contribution in [1.29, 1.82) is 0 Å². The molecule has 0 atom stereocenters. The Labute approximate surface area is 67.2 Å². The van der Waals surface area contributed by atoms with Gasteiger partial charge in [0.2, 0.25) is 0 Å². The van der Waals surface area contributed by atoms with Crippen LogP contribution in [-0.4, -0.2) is 0 Å². The Kier molecular flexibility index (Phi) is 2.03. The van der Waals surface area contributed by atoms with Crippen LogP contribution in [0.15, 0.2) is 18.2 Å². The summed E-state index contributed by atoms with van der Waals surface area (Å²) in [4.78, 5) is 0. The lowest BCUT2D eigenvalue weighted by molar-refractivity contribution is 1.15. The molecule has 0 unspecified atom stereocenters. The van der Waals surface area contributed by atoms with E-state index in [4.69, 9.17) is 11.5 Å². The lowest BCUT2D eigenvalue weighted by atomic mass is 10.0. The number of anilines is 2. The number of hydrogen-bond acceptors (Lipinski definition) is 2. The van der Waals surface area contributed by atoms with Gasteiger partial charge in [-0.25, -0.2) is 0 Å². The smallest absolute Gasteiger partial charge is 0.0337 e. The summed E-state index contributed by atoms with van der Waals surface area (Å²) in [5, 5.41) is 0. The standard InChI is InChI=1S/C9H13N2/c1-6(2)7-3-8(10)5-9(11)4-7/h3-5H,10-11H2,1-2H3. The van der Waals surface area contributed by atoms with Gasteiger partial charge in [-0.2, -0.15) is 0 Å². The summed E-state index contributed by atoms with van der Waals surface area (Å²) in [5.41, 5.74) is 13.8. The van der Waals surface area contributed by atoms with E-state index in [9.17, 15) is 0 Å². The van der Waals surface area contributed by atoms with Crippen LogP contribution in [0.2, 0.25) is 0 Å². The first-order valence-electron chi connectivity index (χ1n) is 3.56. The first-order valence-corrected chi connectivity index (χ1v) is 3.56. The maximum Gasteiger partial charge on any atom is 0.0337 e. The summed E-state index contributed by atoms with van der Waals surface area (Å²) >= 11 is 0. The quantitative estimate of drug-likeness (QED) is 0.598. The molecule has 0 saturated carbocycles.